The fourth-order valence-corrected chi connectivity index (χ4v) is 6.17. The molecule has 1 N–H and O–H groups in total. The maximum absolute atomic E-state index is 15.3. The Morgan fingerprint density at radius 1 is 1.10 bits per heavy atom. The molecule has 1 aliphatic heterocycles. The summed E-state index contributed by atoms with van der Waals surface area (Å²) in [5.74, 6) is -1.63. The standard InChI is InChI=1S/C31H35ClFN3O5/c1-35-18-23(22-7-3-4-8-27(22)35)29(38)34-26-17-25(33)20(15-24(26)32)16-28(37)30(36-13-5-6-14-36)41-21-11-9-19(10-12-21)31(39)40-2/h3-4,7-8,15,17-19,21,30H,5-6,9-14,16H2,1-2H3,(H,34,38). The van der Waals surface area contributed by atoms with Gasteiger partial charge in [-0.3, -0.25) is 19.3 Å². The first-order valence-corrected chi connectivity index (χ1v) is 14.5. The molecule has 10 heteroatoms. The number of fused-ring (bicyclic) bond motifs is 1. The summed E-state index contributed by atoms with van der Waals surface area (Å²) in [6.45, 7) is 1.46. The van der Waals surface area contributed by atoms with E-state index in [1.165, 1.54) is 13.2 Å². The van der Waals surface area contributed by atoms with Gasteiger partial charge >= 0.3 is 5.97 Å². The number of aromatic nitrogens is 1. The average Bonchev–Trinajstić information content (AvgIpc) is 3.63. The van der Waals surface area contributed by atoms with Gasteiger partial charge in [-0.25, -0.2) is 4.39 Å². The molecule has 0 radical (unpaired) electrons. The van der Waals surface area contributed by atoms with Crippen molar-refractivity contribution in [2.75, 3.05) is 25.5 Å². The van der Waals surface area contributed by atoms with Crippen LogP contribution in [0.1, 0.15) is 54.4 Å². The molecule has 218 valence electrons. The highest BCUT2D eigenvalue weighted by atomic mass is 35.5. The molecule has 2 aromatic carbocycles. The van der Waals surface area contributed by atoms with Crippen molar-refractivity contribution in [3.05, 3.63) is 64.6 Å². The summed E-state index contributed by atoms with van der Waals surface area (Å²) in [7, 11) is 3.24. The number of rotatable bonds is 9. The van der Waals surface area contributed by atoms with Crippen LogP contribution in [0.4, 0.5) is 10.1 Å². The number of hydrogen-bond donors (Lipinski definition) is 1. The van der Waals surface area contributed by atoms with E-state index in [4.69, 9.17) is 21.1 Å². The zero-order chi connectivity index (χ0) is 29.1. The first kappa shape index (κ1) is 29.2. The van der Waals surface area contributed by atoms with Crippen LogP contribution in [0, 0.1) is 11.7 Å². The number of carbonyl (C=O) groups excluding carboxylic acids is 3. The molecule has 2 fully saturated rings. The van der Waals surface area contributed by atoms with Crippen LogP contribution in [0.25, 0.3) is 10.9 Å². The van der Waals surface area contributed by atoms with E-state index in [1.807, 2.05) is 40.8 Å². The Morgan fingerprint density at radius 2 is 1.80 bits per heavy atom. The second-order valence-corrected chi connectivity index (χ2v) is 11.3. The number of methoxy groups -OCH3 is 1. The molecule has 1 amide bonds. The maximum Gasteiger partial charge on any atom is 0.308 e. The summed E-state index contributed by atoms with van der Waals surface area (Å²) in [4.78, 5) is 40.5. The molecule has 1 saturated carbocycles. The van der Waals surface area contributed by atoms with Crippen LogP contribution in [0.5, 0.6) is 0 Å². The number of nitrogens with one attached hydrogen (secondary N) is 1. The lowest BCUT2D eigenvalue weighted by atomic mass is 9.87. The molecule has 2 heterocycles. The first-order valence-electron chi connectivity index (χ1n) is 14.1. The number of ketones is 1. The predicted octanol–water partition coefficient (Wildman–Crippen LogP) is 5.51. The van der Waals surface area contributed by atoms with Gasteiger partial charge in [0.05, 0.1) is 35.4 Å². The fraction of sp³-hybridized carbons (Fsp3) is 0.452. The van der Waals surface area contributed by atoms with Crippen LogP contribution >= 0.6 is 11.6 Å². The number of amides is 1. The molecule has 0 spiro atoms. The Balaban J connectivity index is 1.27. The van der Waals surface area contributed by atoms with E-state index >= 15 is 4.39 Å². The zero-order valence-corrected chi connectivity index (χ0v) is 24.1. The third-order valence-corrected chi connectivity index (χ3v) is 8.48. The number of para-hydroxylation sites is 1. The van der Waals surface area contributed by atoms with E-state index < -0.39 is 18.0 Å². The van der Waals surface area contributed by atoms with Crippen LogP contribution in [-0.4, -0.2) is 59.7 Å². The number of aryl methyl sites for hydroxylation is 1. The SMILES string of the molecule is COC(=O)C1CCC(OC(C(=O)Cc2cc(Cl)c(NC(=O)c3cn(C)c4ccccc34)cc2F)N2CCCC2)CC1. The van der Waals surface area contributed by atoms with Gasteiger partial charge in [-0.1, -0.05) is 29.8 Å². The number of hydrogen-bond acceptors (Lipinski definition) is 6. The van der Waals surface area contributed by atoms with Crippen molar-refractivity contribution in [2.24, 2.45) is 13.0 Å². The zero-order valence-electron chi connectivity index (χ0n) is 23.3. The van der Waals surface area contributed by atoms with Crippen molar-refractivity contribution in [3.63, 3.8) is 0 Å². The summed E-state index contributed by atoms with van der Waals surface area (Å²) in [5, 5.41) is 3.63. The Hall–Kier alpha value is -3.27. The fourth-order valence-electron chi connectivity index (χ4n) is 5.93. The van der Waals surface area contributed by atoms with Crippen LogP contribution in [0.3, 0.4) is 0 Å². The van der Waals surface area contributed by atoms with E-state index in [0.29, 0.717) is 31.2 Å². The summed E-state index contributed by atoms with van der Waals surface area (Å²) in [6, 6.07) is 10.1. The molecule has 1 atom stereocenters. The van der Waals surface area contributed by atoms with E-state index in [9.17, 15) is 14.4 Å². The molecule has 2 aliphatic rings. The number of halogens is 2. The Bertz CT molecular complexity index is 1440. The van der Waals surface area contributed by atoms with Crippen molar-refractivity contribution < 1.29 is 28.2 Å². The molecular weight excluding hydrogens is 549 g/mol. The number of likely N-dealkylation sites (tertiary alicyclic amines) is 1. The quantitative estimate of drug-likeness (QED) is 0.334. The Kier molecular flexibility index (Phi) is 9.06. The van der Waals surface area contributed by atoms with Gasteiger partial charge in [-0.2, -0.15) is 0 Å². The van der Waals surface area contributed by atoms with Gasteiger partial charge in [-0.15, -0.1) is 0 Å². The van der Waals surface area contributed by atoms with E-state index in [0.717, 1.165) is 42.9 Å². The van der Waals surface area contributed by atoms with Gasteiger partial charge in [0.2, 0.25) is 0 Å². The second-order valence-electron chi connectivity index (χ2n) is 10.9. The summed E-state index contributed by atoms with van der Waals surface area (Å²) in [6.07, 6.45) is 5.11. The first-order chi connectivity index (χ1) is 19.7. The predicted molar refractivity (Wildman–Crippen MR) is 154 cm³/mol. The lowest BCUT2D eigenvalue weighted by Gasteiger charge is -2.33. The lowest BCUT2D eigenvalue weighted by molar-refractivity contribution is -0.158. The smallest absolute Gasteiger partial charge is 0.308 e. The maximum atomic E-state index is 15.3. The van der Waals surface area contributed by atoms with Crippen molar-refractivity contribution in [3.8, 4) is 0 Å². The van der Waals surface area contributed by atoms with Gasteiger partial charge in [0, 0.05) is 43.7 Å². The van der Waals surface area contributed by atoms with Gasteiger partial charge in [0.15, 0.2) is 12.0 Å². The normalized spacial score (nSPS) is 20.2. The Morgan fingerprint density at radius 3 is 2.51 bits per heavy atom. The number of anilines is 1. The highest BCUT2D eigenvalue weighted by Gasteiger charge is 2.34. The number of esters is 1. The molecule has 1 aromatic heterocycles. The summed E-state index contributed by atoms with van der Waals surface area (Å²) < 4.78 is 28.3. The van der Waals surface area contributed by atoms with Crippen LogP contribution in [-0.2, 0) is 32.5 Å². The molecule has 3 aromatic rings. The van der Waals surface area contributed by atoms with Crippen molar-refractivity contribution in [1.82, 2.24) is 9.47 Å². The number of nitrogens with zero attached hydrogens (tertiary/aromatic N) is 2. The van der Waals surface area contributed by atoms with E-state index in [-0.39, 0.29) is 46.5 Å². The second kappa shape index (κ2) is 12.7. The molecule has 0 bridgehead atoms. The third kappa shape index (κ3) is 6.47. The molecule has 41 heavy (non-hydrogen) atoms. The van der Waals surface area contributed by atoms with Gasteiger partial charge in [0.1, 0.15) is 5.82 Å². The summed E-state index contributed by atoms with van der Waals surface area (Å²) >= 11 is 6.48. The molecule has 1 aliphatic carbocycles. The van der Waals surface area contributed by atoms with Crippen LogP contribution in [0.2, 0.25) is 5.02 Å². The van der Waals surface area contributed by atoms with Gasteiger partial charge in [-0.05, 0) is 62.3 Å². The van der Waals surface area contributed by atoms with Crippen LogP contribution in [0.15, 0.2) is 42.6 Å². The summed E-state index contributed by atoms with van der Waals surface area (Å²) in [5.41, 5.74) is 1.62. The third-order valence-electron chi connectivity index (χ3n) is 8.17. The minimum atomic E-state index is -0.791. The largest absolute Gasteiger partial charge is 0.469 e. The van der Waals surface area contributed by atoms with Crippen molar-refractivity contribution in [2.45, 2.75) is 57.3 Å². The van der Waals surface area contributed by atoms with Crippen molar-refractivity contribution >= 4 is 45.9 Å². The monoisotopic (exact) mass is 583 g/mol. The van der Waals surface area contributed by atoms with Crippen LogP contribution < -0.4 is 5.32 Å². The minimum Gasteiger partial charge on any atom is -0.469 e. The molecule has 8 nitrogen and oxygen atoms in total. The highest BCUT2D eigenvalue weighted by molar-refractivity contribution is 6.34. The number of benzene rings is 2. The lowest BCUT2D eigenvalue weighted by Crippen LogP contribution is -2.45. The molecule has 1 saturated heterocycles. The topological polar surface area (TPSA) is 89.9 Å². The van der Waals surface area contributed by atoms with E-state index in [2.05, 4.69) is 5.32 Å². The molecular formula is C31H35ClFN3O5. The minimum absolute atomic E-state index is 0.132. The van der Waals surface area contributed by atoms with E-state index in [1.54, 1.807) is 6.20 Å². The number of Topliss-reactive ketones (excluding diaryl/α,β-unsaturated/α-hetero) is 1. The number of carbonyl (C=O) groups is 3. The van der Waals surface area contributed by atoms with Gasteiger partial charge < -0.3 is 19.4 Å². The molecule has 1 unspecified atom stereocenters. The Labute approximate surface area is 243 Å². The number of ether oxygens (including phenoxy) is 2. The average molecular weight is 584 g/mol. The highest BCUT2D eigenvalue weighted by Crippen LogP contribution is 2.31. The van der Waals surface area contributed by atoms with Crippen molar-refractivity contribution in [1.29, 1.82) is 0 Å². The molecule has 5 rings (SSSR count). The van der Waals surface area contributed by atoms with Gasteiger partial charge in [0.25, 0.3) is 5.91 Å².